The number of hydrogen-bond acceptors (Lipinski definition) is 10. The Labute approximate surface area is 323 Å². The molecular formula is C40H58N4O8S2. The zero-order valence-electron chi connectivity index (χ0n) is 31.9. The first-order valence-electron chi connectivity index (χ1n) is 19.0. The van der Waals surface area contributed by atoms with E-state index < -0.39 is 20.0 Å². The molecule has 0 spiro atoms. The van der Waals surface area contributed by atoms with Crippen molar-refractivity contribution in [3.8, 4) is 0 Å². The fraction of sp³-hybridized carbons (Fsp3) is 0.550. The molecule has 2 aliphatic rings. The van der Waals surface area contributed by atoms with Gasteiger partial charge in [0.1, 0.15) is 0 Å². The molecule has 2 aliphatic heterocycles. The summed E-state index contributed by atoms with van der Waals surface area (Å²) >= 11 is 0. The molecule has 14 heteroatoms. The standard InChI is InChI=1S/C40H58N4O8S2/c1-35-8-12-39(13-9-35)53(45,46)43-20-28-49-24-16-41-18-26-51-30-22-44(54(47,48)40-14-10-36(2)11-15-40)23-31-52-27-19-42(17-25-50-29-21-43)34-38(33-41)32-37-6-4-3-5-7-37/h3-15,38H,16-34H2,1-2H3. The molecule has 298 valence electrons. The van der Waals surface area contributed by atoms with Crippen LogP contribution >= 0.6 is 0 Å². The summed E-state index contributed by atoms with van der Waals surface area (Å²) in [6, 6.07) is 24.4. The minimum absolute atomic E-state index is 0.213. The van der Waals surface area contributed by atoms with Crippen molar-refractivity contribution in [3.63, 3.8) is 0 Å². The molecule has 2 fully saturated rings. The molecule has 0 radical (unpaired) electrons. The van der Waals surface area contributed by atoms with Crippen LogP contribution in [0.25, 0.3) is 0 Å². The first-order chi connectivity index (χ1) is 26.1. The van der Waals surface area contributed by atoms with E-state index in [-0.39, 0.29) is 62.4 Å². The number of aryl methyl sites for hydroxylation is 2. The quantitative estimate of drug-likeness (QED) is 0.368. The highest BCUT2D eigenvalue weighted by Gasteiger charge is 2.26. The van der Waals surface area contributed by atoms with Crippen LogP contribution in [0.2, 0.25) is 0 Å². The monoisotopic (exact) mass is 786 g/mol. The zero-order chi connectivity index (χ0) is 38.2. The van der Waals surface area contributed by atoms with Gasteiger partial charge in [-0.1, -0.05) is 65.7 Å². The fourth-order valence-corrected chi connectivity index (χ4v) is 9.54. The number of sulfonamides is 2. The van der Waals surface area contributed by atoms with Crippen LogP contribution in [0.4, 0.5) is 0 Å². The van der Waals surface area contributed by atoms with Crippen LogP contribution in [0.3, 0.4) is 0 Å². The molecule has 0 atom stereocenters. The van der Waals surface area contributed by atoms with Gasteiger partial charge in [-0.3, -0.25) is 9.80 Å². The van der Waals surface area contributed by atoms with Crippen molar-refractivity contribution in [3.05, 3.63) is 95.6 Å². The number of fused-ring (bicyclic) bond motifs is 4. The first-order valence-corrected chi connectivity index (χ1v) is 21.9. The van der Waals surface area contributed by atoms with Gasteiger partial charge in [-0.15, -0.1) is 0 Å². The van der Waals surface area contributed by atoms with E-state index in [9.17, 15) is 16.8 Å². The molecule has 5 rings (SSSR count). The van der Waals surface area contributed by atoms with E-state index in [1.54, 1.807) is 24.3 Å². The summed E-state index contributed by atoms with van der Waals surface area (Å²) in [6.07, 6.45) is 0.898. The molecule has 12 nitrogen and oxygen atoms in total. The lowest BCUT2D eigenvalue weighted by molar-refractivity contribution is 0.0355. The van der Waals surface area contributed by atoms with Gasteiger partial charge in [0.15, 0.2) is 0 Å². The van der Waals surface area contributed by atoms with Gasteiger partial charge in [0.2, 0.25) is 20.0 Å². The van der Waals surface area contributed by atoms with Gasteiger partial charge in [-0.25, -0.2) is 16.8 Å². The molecule has 2 bridgehead atoms. The van der Waals surface area contributed by atoms with Gasteiger partial charge in [0.25, 0.3) is 0 Å². The number of nitrogens with zero attached hydrogens (tertiary/aromatic N) is 4. The maximum Gasteiger partial charge on any atom is 0.243 e. The van der Waals surface area contributed by atoms with Gasteiger partial charge in [-0.05, 0) is 56.0 Å². The van der Waals surface area contributed by atoms with Crippen molar-refractivity contribution in [1.29, 1.82) is 0 Å². The van der Waals surface area contributed by atoms with E-state index in [0.29, 0.717) is 58.5 Å². The highest BCUT2D eigenvalue weighted by molar-refractivity contribution is 7.89. The Hall–Kier alpha value is -2.76. The number of ether oxygens (including phenoxy) is 4. The Morgan fingerprint density at radius 3 is 1.17 bits per heavy atom. The average Bonchev–Trinajstić information content (AvgIpc) is 3.15. The van der Waals surface area contributed by atoms with E-state index in [1.807, 2.05) is 44.2 Å². The van der Waals surface area contributed by atoms with Gasteiger partial charge in [0.05, 0.1) is 62.6 Å². The molecule has 2 saturated heterocycles. The van der Waals surface area contributed by atoms with E-state index in [2.05, 4.69) is 34.1 Å². The van der Waals surface area contributed by atoms with Crippen molar-refractivity contribution in [2.75, 3.05) is 118 Å². The second kappa shape index (κ2) is 21.5. The van der Waals surface area contributed by atoms with Gasteiger partial charge < -0.3 is 18.9 Å². The minimum Gasteiger partial charge on any atom is -0.379 e. The molecule has 0 N–H and O–H groups in total. The van der Waals surface area contributed by atoms with Gasteiger partial charge in [0, 0.05) is 65.4 Å². The smallest absolute Gasteiger partial charge is 0.243 e. The predicted molar refractivity (Wildman–Crippen MR) is 210 cm³/mol. The van der Waals surface area contributed by atoms with Crippen molar-refractivity contribution in [2.45, 2.75) is 30.1 Å². The molecule has 0 unspecified atom stereocenters. The van der Waals surface area contributed by atoms with Gasteiger partial charge in [-0.2, -0.15) is 8.61 Å². The molecule has 0 aliphatic carbocycles. The Morgan fingerprint density at radius 2 is 0.815 bits per heavy atom. The largest absolute Gasteiger partial charge is 0.379 e. The zero-order valence-corrected chi connectivity index (χ0v) is 33.5. The second-order valence-corrected chi connectivity index (χ2v) is 17.9. The van der Waals surface area contributed by atoms with Crippen LogP contribution in [0.5, 0.6) is 0 Å². The van der Waals surface area contributed by atoms with Crippen LogP contribution < -0.4 is 0 Å². The Kier molecular flexibility index (Phi) is 16.9. The van der Waals surface area contributed by atoms with E-state index in [0.717, 1.165) is 30.6 Å². The van der Waals surface area contributed by atoms with E-state index in [4.69, 9.17) is 18.9 Å². The topological polar surface area (TPSA) is 118 Å². The van der Waals surface area contributed by atoms with Crippen molar-refractivity contribution in [1.82, 2.24) is 18.4 Å². The maximum absolute atomic E-state index is 13.6. The second-order valence-electron chi connectivity index (χ2n) is 14.0. The highest BCUT2D eigenvalue weighted by atomic mass is 32.2. The molecule has 2 heterocycles. The third-order valence-corrected chi connectivity index (χ3v) is 13.7. The van der Waals surface area contributed by atoms with Crippen LogP contribution in [0, 0.1) is 19.8 Å². The summed E-state index contributed by atoms with van der Waals surface area (Å²) in [5.41, 5.74) is 3.26. The lowest BCUT2D eigenvalue weighted by atomic mass is 9.97. The lowest BCUT2D eigenvalue weighted by Gasteiger charge is -2.33. The Balaban J connectivity index is 1.32. The number of benzene rings is 3. The fourth-order valence-electron chi connectivity index (χ4n) is 6.72. The predicted octanol–water partition coefficient (Wildman–Crippen LogP) is 3.54. The molecule has 54 heavy (non-hydrogen) atoms. The maximum atomic E-state index is 13.6. The molecular weight excluding hydrogens is 729 g/mol. The van der Waals surface area contributed by atoms with Crippen LogP contribution in [0.1, 0.15) is 16.7 Å². The van der Waals surface area contributed by atoms with Crippen molar-refractivity contribution >= 4 is 20.0 Å². The summed E-state index contributed by atoms with van der Waals surface area (Å²) in [5.74, 6) is 0.290. The third kappa shape index (κ3) is 13.2. The van der Waals surface area contributed by atoms with Crippen molar-refractivity contribution in [2.24, 2.45) is 5.92 Å². The summed E-state index contributed by atoms with van der Waals surface area (Å²) < 4.78 is 81.9. The molecule has 3 aromatic rings. The SMILES string of the molecule is Cc1ccc(S(=O)(=O)N2CCOCCN3CCOCCN(S(=O)(=O)c4ccc(C)cc4)CCOCCN(CCOCC2)CC(Cc2ccccc2)C3)cc1. The van der Waals surface area contributed by atoms with Crippen molar-refractivity contribution < 1.29 is 35.8 Å². The summed E-state index contributed by atoms with van der Waals surface area (Å²) in [7, 11) is -7.47. The first kappa shape index (κ1) is 42.4. The van der Waals surface area contributed by atoms with Crippen LogP contribution in [-0.4, -0.2) is 154 Å². The molecule has 0 amide bonds. The summed E-state index contributed by atoms with van der Waals surface area (Å²) in [5, 5.41) is 0. The number of hydrogen-bond donors (Lipinski definition) is 0. The van der Waals surface area contributed by atoms with Gasteiger partial charge >= 0.3 is 0 Å². The number of rotatable bonds is 6. The third-order valence-electron chi connectivity index (χ3n) is 9.87. The van der Waals surface area contributed by atoms with E-state index in [1.165, 1.54) is 14.2 Å². The normalized spacial score (nSPS) is 23.6. The Bertz CT molecular complexity index is 1610. The highest BCUT2D eigenvalue weighted by Crippen LogP contribution is 2.19. The van der Waals surface area contributed by atoms with Crippen LogP contribution in [0.15, 0.2) is 88.7 Å². The molecule has 0 aromatic heterocycles. The van der Waals surface area contributed by atoms with E-state index >= 15 is 0 Å². The Morgan fingerprint density at radius 1 is 0.481 bits per heavy atom. The molecule has 0 saturated carbocycles. The minimum atomic E-state index is -3.73. The lowest BCUT2D eigenvalue weighted by Crippen LogP contribution is -2.43. The molecule has 3 aromatic carbocycles. The summed E-state index contributed by atoms with van der Waals surface area (Å²) in [4.78, 5) is 5.21. The van der Waals surface area contributed by atoms with Crippen LogP contribution in [-0.2, 0) is 45.4 Å². The summed E-state index contributed by atoms with van der Waals surface area (Å²) in [6.45, 7) is 11.6. The average molecular weight is 787 g/mol.